The van der Waals surface area contributed by atoms with Gasteiger partial charge >= 0.3 is 6.09 Å². The van der Waals surface area contributed by atoms with Gasteiger partial charge in [-0.3, -0.25) is 0 Å². The Bertz CT molecular complexity index is 977. The van der Waals surface area contributed by atoms with Gasteiger partial charge in [0.05, 0.1) is 11.9 Å². The number of nitrogens with zero attached hydrogens (tertiary/aromatic N) is 3. The molecule has 1 amide bonds. The summed E-state index contributed by atoms with van der Waals surface area (Å²) in [5.74, 6) is 0. The molecule has 2 aromatic rings. The molecule has 164 valence electrons. The van der Waals surface area contributed by atoms with Gasteiger partial charge in [0.2, 0.25) is 16.4 Å². The van der Waals surface area contributed by atoms with E-state index in [-0.39, 0.29) is 17.5 Å². The van der Waals surface area contributed by atoms with Gasteiger partial charge < -0.3 is 9.64 Å². The molecule has 8 nitrogen and oxygen atoms in total. The topological polar surface area (TPSA) is 84.5 Å². The Kier molecular flexibility index (Phi) is 6.52. The number of imidazole rings is 1. The molecule has 1 aromatic carbocycles. The summed E-state index contributed by atoms with van der Waals surface area (Å²) in [5.41, 5.74) is 0.431. The van der Waals surface area contributed by atoms with Crippen LogP contribution in [0.3, 0.4) is 0 Å². The Hall–Kier alpha value is -2.39. The predicted octanol–water partition coefficient (Wildman–Crippen LogP) is 2.04. The summed E-state index contributed by atoms with van der Waals surface area (Å²) in [6.45, 7) is 6.87. The van der Waals surface area contributed by atoms with E-state index in [1.165, 1.54) is 0 Å². The van der Waals surface area contributed by atoms with Crippen molar-refractivity contribution >= 4 is 16.1 Å². The van der Waals surface area contributed by atoms with Crippen LogP contribution in [-0.2, 0) is 28.4 Å². The first kappa shape index (κ1) is 22.3. The normalized spacial score (nSPS) is 17.3. The van der Waals surface area contributed by atoms with Crippen molar-refractivity contribution in [3.8, 4) is 0 Å². The molecule has 1 aliphatic heterocycles. The average Bonchev–Trinajstić information content (AvgIpc) is 3.28. The third-order valence-corrected chi connectivity index (χ3v) is 6.38. The van der Waals surface area contributed by atoms with Crippen molar-refractivity contribution in [2.24, 2.45) is 7.05 Å². The number of hydrogen-bond acceptors (Lipinski definition) is 4. The zero-order chi connectivity index (χ0) is 21.9. The quantitative estimate of drug-likeness (QED) is 0.704. The third kappa shape index (κ3) is 5.82. The van der Waals surface area contributed by atoms with Crippen LogP contribution in [0.5, 0.6) is 0 Å². The van der Waals surface area contributed by atoms with Gasteiger partial charge in [0.1, 0.15) is 24.5 Å². The Morgan fingerprint density at radius 2 is 1.97 bits per heavy atom. The summed E-state index contributed by atoms with van der Waals surface area (Å²) in [4.78, 5) is 14.2. The molecule has 1 aromatic heterocycles. The molecular formula is C21H31N4O4S+. The molecule has 1 N–H and O–H groups in total. The van der Waals surface area contributed by atoms with E-state index in [1.807, 2.05) is 67.8 Å². The lowest BCUT2D eigenvalue weighted by Gasteiger charge is -2.28. The van der Waals surface area contributed by atoms with Crippen molar-refractivity contribution in [3.05, 3.63) is 48.5 Å². The Balaban J connectivity index is 1.60. The molecule has 0 radical (unpaired) electrons. The number of nitrogens with one attached hydrogen (secondary N) is 1. The number of carbonyl (C=O) groups excluding carboxylic acids is 1. The van der Waals surface area contributed by atoms with Gasteiger partial charge in [0.25, 0.3) is 0 Å². The van der Waals surface area contributed by atoms with Crippen molar-refractivity contribution in [1.82, 2.24) is 14.2 Å². The van der Waals surface area contributed by atoms with Gasteiger partial charge in [-0.1, -0.05) is 12.1 Å². The van der Waals surface area contributed by atoms with Gasteiger partial charge in [-0.2, -0.15) is 0 Å². The summed E-state index contributed by atoms with van der Waals surface area (Å²) in [7, 11) is -1.71. The minimum absolute atomic E-state index is 0.170. The smallest absolute Gasteiger partial charge is 0.410 e. The molecule has 0 aliphatic carbocycles. The first-order valence-electron chi connectivity index (χ1n) is 10.1. The first-order chi connectivity index (χ1) is 14.0. The van der Waals surface area contributed by atoms with E-state index in [1.54, 1.807) is 17.0 Å². The van der Waals surface area contributed by atoms with Crippen molar-refractivity contribution < 1.29 is 22.5 Å². The number of hydrogen-bond donors (Lipinski definition) is 1. The highest BCUT2D eigenvalue weighted by Gasteiger charge is 2.33. The highest BCUT2D eigenvalue weighted by molar-refractivity contribution is 7.89. The molecule has 0 bridgehead atoms. The molecule has 0 spiro atoms. The SMILES string of the molecule is C[n+]1ccn(Cc2ccc(S(=O)(=O)NC[C@@H]3CCCN3C(=O)OC(C)(C)C)cc2)c1. The van der Waals surface area contributed by atoms with E-state index in [4.69, 9.17) is 4.74 Å². The minimum atomic E-state index is -3.66. The largest absolute Gasteiger partial charge is 0.444 e. The molecule has 1 aliphatic rings. The van der Waals surface area contributed by atoms with Crippen molar-refractivity contribution in [1.29, 1.82) is 0 Å². The Labute approximate surface area is 178 Å². The fourth-order valence-electron chi connectivity index (χ4n) is 3.48. The highest BCUT2D eigenvalue weighted by Crippen LogP contribution is 2.21. The lowest BCUT2D eigenvalue weighted by molar-refractivity contribution is -0.671. The lowest BCUT2D eigenvalue weighted by atomic mass is 10.2. The van der Waals surface area contributed by atoms with Crippen LogP contribution < -0.4 is 9.29 Å². The van der Waals surface area contributed by atoms with E-state index < -0.39 is 21.7 Å². The van der Waals surface area contributed by atoms with E-state index >= 15 is 0 Å². The Morgan fingerprint density at radius 3 is 2.57 bits per heavy atom. The van der Waals surface area contributed by atoms with Gasteiger partial charge in [0.15, 0.2) is 0 Å². The molecule has 9 heteroatoms. The minimum Gasteiger partial charge on any atom is -0.444 e. The molecule has 2 heterocycles. The second-order valence-corrected chi connectivity index (χ2v) is 10.5. The van der Waals surface area contributed by atoms with Crippen LogP contribution in [-0.4, -0.2) is 48.7 Å². The highest BCUT2D eigenvalue weighted by atomic mass is 32.2. The lowest BCUT2D eigenvalue weighted by Crippen LogP contribution is -2.45. The second kappa shape index (κ2) is 8.77. The number of benzene rings is 1. The van der Waals surface area contributed by atoms with Gasteiger partial charge in [-0.25, -0.2) is 27.1 Å². The van der Waals surface area contributed by atoms with Crippen molar-refractivity contribution in [2.45, 2.75) is 56.7 Å². The standard InChI is InChI=1S/C21H31N4O4S/c1-21(2,3)29-20(26)25-11-5-6-18(25)14-22-30(27,28)19-9-7-17(8-10-19)15-24-13-12-23(4)16-24/h7-10,12-13,16,18,22H,5-6,11,14-15H2,1-4H3/q+1/t18-/m0/s1. The summed E-state index contributed by atoms with van der Waals surface area (Å²) >= 11 is 0. The van der Waals surface area contributed by atoms with Gasteiger partial charge in [-0.05, 0) is 51.3 Å². The zero-order valence-corrected chi connectivity index (χ0v) is 18.9. The third-order valence-electron chi connectivity index (χ3n) is 4.94. The fraction of sp³-hybridized carbons (Fsp3) is 0.524. The van der Waals surface area contributed by atoms with Crippen LogP contribution >= 0.6 is 0 Å². The molecule has 0 saturated carbocycles. The molecule has 1 fully saturated rings. The summed E-state index contributed by atoms with van der Waals surface area (Å²) in [6.07, 6.45) is 7.06. The maximum absolute atomic E-state index is 12.7. The van der Waals surface area contributed by atoms with Crippen molar-refractivity contribution in [3.63, 3.8) is 0 Å². The molecule has 1 saturated heterocycles. The average molecular weight is 436 g/mol. The van der Waals surface area contributed by atoms with E-state index in [9.17, 15) is 13.2 Å². The van der Waals surface area contributed by atoms with E-state index in [2.05, 4.69) is 4.72 Å². The Morgan fingerprint density at radius 1 is 1.27 bits per heavy atom. The van der Waals surface area contributed by atoms with Crippen LogP contribution in [0, 0.1) is 0 Å². The summed E-state index contributed by atoms with van der Waals surface area (Å²) < 4.78 is 37.5. The first-order valence-corrected chi connectivity index (χ1v) is 11.6. The predicted molar refractivity (Wildman–Crippen MR) is 112 cm³/mol. The van der Waals surface area contributed by atoms with Crippen molar-refractivity contribution in [2.75, 3.05) is 13.1 Å². The number of aryl methyl sites for hydroxylation is 1. The number of likely N-dealkylation sites (tertiary alicyclic amines) is 1. The number of rotatable bonds is 6. The molecule has 1 atom stereocenters. The molecule has 30 heavy (non-hydrogen) atoms. The number of sulfonamides is 1. The van der Waals surface area contributed by atoms with Crippen LogP contribution in [0.2, 0.25) is 0 Å². The number of carbonyl (C=O) groups is 1. The van der Waals surface area contributed by atoms with Crippen LogP contribution in [0.1, 0.15) is 39.2 Å². The fourth-order valence-corrected chi connectivity index (χ4v) is 4.55. The number of ether oxygens (including phenoxy) is 1. The maximum atomic E-state index is 12.7. The number of aromatic nitrogens is 2. The summed E-state index contributed by atoms with van der Waals surface area (Å²) in [6, 6.07) is 6.65. The van der Waals surface area contributed by atoms with Gasteiger partial charge in [0, 0.05) is 19.1 Å². The maximum Gasteiger partial charge on any atom is 0.410 e. The van der Waals surface area contributed by atoms with Crippen LogP contribution in [0.4, 0.5) is 4.79 Å². The van der Waals surface area contributed by atoms with Crippen LogP contribution in [0.15, 0.2) is 47.9 Å². The molecular weight excluding hydrogens is 404 g/mol. The zero-order valence-electron chi connectivity index (χ0n) is 18.0. The molecule has 0 unspecified atom stereocenters. The monoisotopic (exact) mass is 435 g/mol. The second-order valence-electron chi connectivity index (χ2n) is 8.72. The molecule has 3 rings (SSSR count). The van der Waals surface area contributed by atoms with E-state index in [0.29, 0.717) is 13.1 Å². The van der Waals surface area contributed by atoms with Gasteiger partial charge in [-0.15, -0.1) is 0 Å². The van der Waals surface area contributed by atoms with E-state index in [0.717, 1.165) is 18.4 Å². The summed E-state index contributed by atoms with van der Waals surface area (Å²) in [5, 5.41) is 0. The number of amides is 1. The van der Waals surface area contributed by atoms with Crippen LogP contribution in [0.25, 0.3) is 0 Å².